The fourth-order valence-corrected chi connectivity index (χ4v) is 2.75. The summed E-state index contributed by atoms with van der Waals surface area (Å²) in [5.74, 6) is -0.0337. The first-order valence-electron chi connectivity index (χ1n) is 6.84. The lowest BCUT2D eigenvalue weighted by atomic mass is 9.84. The second-order valence-electron chi connectivity index (χ2n) is 5.30. The van der Waals surface area contributed by atoms with Crippen LogP contribution in [0.1, 0.15) is 44.6 Å². The van der Waals surface area contributed by atoms with Crippen LogP contribution in [0.4, 0.5) is 8.78 Å². The van der Waals surface area contributed by atoms with Crippen molar-refractivity contribution in [3.8, 4) is 0 Å². The van der Waals surface area contributed by atoms with Crippen LogP contribution in [-0.4, -0.2) is 6.04 Å². The third-order valence-electron chi connectivity index (χ3n) is 3.98. The Labute approximate surface area is 108 Å². The minimum absolute atomic E-state index is 0.334. The first-order chi connectivity index (χ1) is 8.66. The zero-order valence-electron chi connectivity index (χ0n) is 10.9. The standard InChI is InChI=1S/C15H21F2N/c1-11(12-5-3-2-4-6-12)18-10-13-9-14(16)7-8-15(13)17/h7-9,11-12,18H,2-6,10H2,1H3. The number of benzene rings is 1. The van der Waals surface area contributed by atoms with E-state index >= 15 is 0 Å². The van der Waals surface area contributed by atoms with E-state index in [1.807, 2.05) is 0 Å². The van der Waals surface area contributed by atoms with E-state index in [1.54, 1.807) is 0 Å². The van der Waals surface area contributed by atoms with Crippen LogP contribution in [0.25, 0.3) is 0 Å². The monoisotopic (exact) mass is 253 g/mol. The molecule has 0 amide bonds. The lowest BCUT2D eigenvalue weighted by molar-refractivity contribution is 0.280. The van der Waals surface area contributed by atoms with E-state index in [-0.39, 0.29) is 11.6 Å². The number of nitrogens with one attached hydrogen (secondary N) is 1. The van der Waals surface area contributed by atoms with Gasteiger partial charge in [0.25, 0.3) is 0 Å². The molecule has 1 unspecified atom stereocenters. The molecule has 0 spiro atoms. The normalized spacial score (nSPS) is 18.8. The Hall–Kier alpha value is -0.960. The summed E-state index contributed by atoms with van der Waals surface area (Å²) in [7, 11) is 0. The van der Waals surface area contributed by atoms with Gasteiger partial charge in [0.05, 0.1) is 0 Å². The Morgan fingerprint density at radius 1 is 1.22 bits per heavy atom. The Morgan fingerprint density at radius 2 is 1.94 bits per heavy atom. The average molecular weight is 253 g/mol. The van der Waals surface area contributed by atoms with Crippen molar-refractivity contribution in [3.05, 3.63) is 35.4 Å². The molecule has 3 heteroatoms. The van der Waals surface area contributed by atoms with Gasteiger partial charge in [-0.15, -0.1) is 0 Å². The molecule has 2 rings (SSSR count). The molecule has 1 aromatic carbocycles. The Kier molecular flexibility index (Phi) is 4.70. The molecular formula is C15H21F2N. The highest BCUT2D eigenvalue weighted by Crippen LogP contribution is 2.26. The lowest BCUT2D eigenvalue weighted by Crippen LogP contribution is -2.34. The molecule has 1 aliphatic rings. The van der Waals surface area contributed by atoms with Gasteiger partial charge in [-0.3, -0.25) is 0 Å². The molecule has 1 nitrogen and oxygen atoms in total. The van der Waals surface area contributed by atoms with E-state index in [0.717, 1.165) is 6.07 Å². The summed E-state index contributed by atoms with van der Waals surface area (Å²) >= 11 is 0. The first-order valence-corrected chi connectivity index (χ1v) is 6.84. The third-order valence-corrected chi connectivity index (χ3v) is 3.98. The molecule has 0 bridgehead atoms. The van der Waals surface area contributed by atoms with Crippen molar-refractivity contribution in [1.82, 2.24) is 5.32 Å². The van der Waals surface area contributed by atoms with Crippen LogP contribution in [0, 0.1) is 17.6 Å². The van der Waals surface area contributed by atoms with Crippen LogP contribution >= 0.6 is 0 Å². The van der Waals surface area contributed by atoms with Gasteiger partial charge < -0.3 is 5.32 Å². The van der Waals surface area contributed by atoms with Gasteiger partial charge in [-0.1, -0.05) is 19.3 Å². The molecule has 1 aromatic rings. The lowest BCUT2D eigenvalue weighted by Gasteiger charge is -2.28. The smallest absolute Gasteiger partial charge is 0.127 e. The van der Waals surface area contributed by atoms with Crippen LogP contribution in [0.2, 0.25) is 0 Å². The highest BCUT2D eigenvalue weighted by atomic mass is 19.1. The average Bonchev–Trinajstić information content (AvgIpc) is 2.40. The Balaban J connectivity index is 1.88. The highest BCUT2D eigenvalue weighted by molar-refractivity contribution is 5.18. The van der Waals surface area contributed by atoms with Crippen molar-refractivity contribution in [1.29, 1.82) is 0 Å². The third kappa shape index (κ3) is 3.52. The second kappa shape index (κ2) is 6.28. The molecule has 1 atom stereocenters. The maximum Gasteiger partial charge on any atom is 0.127 e. The highest BCUT2D eigenvalue weighted by Gasteiger charge is 2.19. The maximum absolute atomic E-state index is 13.5. The van der Waals surface area contributed by atoms with Gasteiger partial charge in [0, 0.05) is 18.2 Å². The van der Waals surface area contributed by atoms with E-state index in [4.69, 9.17) is 0 Å². The predicted octanol–water partition coefficient (Wildman–Crippen LogP) is 4.02. The quantitative estimate of drug-likeness (QED) is 0.854. The summed E-state index contributed by atoms with van der Waals surface area (Å²) in [6.45, 7) is 2.55. The summed E-state index contributed by atoms with van der Waals surface area (Å²) in [6, 6.07) is 3.99. The fraction of sp³-hybridized carbons (Fsp3) is 0.600. The molecule has 0 aliphatic heterocycles. The molecule has 1 aliphatic carbocycles. The molecule has 0 heterocycles. The van der Waals surface area contributed by atoms with Gasteiger partial charge in [-0.25, -0.2) is 8.78 Å². The van der Waals surface area contributed by atoms with Crippen molar-refractivity contribution in [2.45, 2.75) is 51.6 Å². The first kappa shape index (κ1) is 13.5. The molecule has 1 saturated carbocycles. The number of hydrogen-bond acceptors (Lipinski definition) is 1. The van der Waals surface area contributed by atoms with E-state index in [9.17, 15) is 8.78 Å². The second-order valence-corrected chi connectivity index (χ2v) is 5.30. The fourth-order valence-electron chi connectivity index (χ4n) is 2.75. The minimum atomic E-state index is -0.376. The topological polar surface area (TPSA) is 12.0 Å². The summed E-state index contributed by atoms with van der Waals surface area (Å²) in [4.78, 5) is 0. The van der Waals surface area contributed by atoms with Gasteiger partial charge in [-0.05, 0) is 43.9 Å². The zero-order valence-corrected chi connectivity index (χ0v) is 10.9. The van der Waals surface area contributed by atoms with Crippen molar-refractivity contribution in [2.75, 3.05) is 0 Å². The van der Waals surface area contributed by atoms with Gasteiger partial charge >= 0.3 is 0 Å². The number of rotatable bonds is 4. The van der Waals surface area contributed by atoms with Crippen molar-refractivity contribution in [2.24, 2.45) is 5.92 Å². The molecule has 0 saturated heterocycles. The van der Waals surface area contributed by atoms with Crippen LogP contribution in [0.5, 0.6) is 0 Å². The summed E-state index contributed by atoms with van der Waals surface area (Å²) in [5.41, 5.74) is 0.414. The Bertz CT molecular complexity index is 386. The molecular weight excluding hydrogens is 232 g/mol. The van der Waals surface area contributed by atoms with Crippen LogP contribution in [0.15, 0.2) is 18.2 Å². The van der Waals surface area contributed by atoms with Crippen molar-refractivity contribution in [3.63, 3.8) is 0 Å². The van der Waals surface area contributed by atoms with Crippen molar-refractivity contribution >= 4 is 0 Å². The largest absolute Gasteiger partial charge is 0.310 e. The molecule has 18 heavy (non-hydrogen) atoms. The summed E-state index contributed by atoms with van der Waals surface area (Å²) in [6.07, 6.45) is 6.43. The minimum Gasteiger partial charge on any atom is -0.310 e. The zero-order chi connectivity index (χ0) is 13.0. The summed E-state index contributed by atoms with van der Waals surface area (Å²) in [5, 5.41) is 3.33. The SMILES string of the molecule is CC(NCc1cc(F)ccc1F)C1CCCCC1. The van der Waals surface area contributed by atoms with Gasteiger partial charge in [-0.2, -0.15) is 0 Å². The van der Waals surface area contributed by atoms with E-state index < -0.39 is 0 Å². The van der Waals surface area contributed by atoms with Crippen LogP contribution < -0.4 is 5.32 Å². The molecule has 1 N–H and O–H groups in total. The molecule has 100 valence electrons. The maximum atomic E-state index is 13.5. The molecule has 1 fully saturated rings. The Morgan fingerprint density at radius 3 is 2.67 bits per heavy atom. The molecule has 0 radical (unpaired) electrons. The van der Waals surface area contributed by atoms with E-state index in [2.05, 4.69) is 12.2 Å². The van der Waals surface area contributed by atoms with Gasteiger partial charge in [0.2, 0.25) is 0 Å². The number of hydrogen-bond donors (Lipinski definition) is 1. The number of halogens is 2. The van der Waals surface area contributed by atoms with E-state index in [1.165, 1.54) is 44.2 Å². The molecule has 0 aromatic heterocycles. The predicted molar refractivity (Wildman–Crippen MR) is 69.2 cm³/mol. The van der Waals surface area contributed by atoms with Gasteiger partial charge in [0.1, 0.15) is 11.6 Å². The van der Waals surface area contributed by atoms with E-state index in [0.29, 0.717) is 24.1 Å². The van der Waals surface area contributed by atoms with Crippen LogP contribution in [0.3, 0.4) is 0 Å². The summed E-state index contributed by atoms with van der Waals surface area (Å²) < 4.78 is 26.5. The van der Waals surface area contributed by atoms with Crippen molar-refractivity contribution < 1.29 is 8.78 Å². The van der Waals surface area contributed by atoms with Crippen LogP contribution in [-0.2, 0) is 6.54 Å². The van der Waals surface area contributed by atoms with Gasteiger partial charge in [0.15, 0.2) is 0 Å².